The van der Waals surface area contributed by atoms with Gasteiger partial charge in [-0.05, 0) is 74.7 Å². The molecule has 9 heteroatoms. The number of H-pyrrole nitrogens is 2. The molecule has 0 saturated carbocycles. The van der Waals surface area contributed by atoms with Crippen LogP contribution in [0.3, 0.4) is 0 Å². The van der Waals surface area contributed by atoms with Gasteiger partial charge in [0.05, 0.1) is 16.7 Å². The quantitative estimate of drug-likeness (QED) is 0.385. The smallest absolute Gasteiger partial charge is 0.261 e. The Hall–Kier alpha value is -3.04. The largest absolute Gasteiger partial charge is 0.382 e. The molecular formula is C29H36N6O2S. The van der Waals surface area contributed by atoms with Crippen LogP contribution in [0.1, 0.15) is 56.0 Å². The number of aromatic nitrogens is 3. The summed E-state index contributed by atoms with van der Waals surface area (Å²) in [7, 11) is 0. The van der Waals surface area contributed by atoms with E-state index >= 15 is 0 Å². The number of hydrogen-bond acceptors (Lipinski definition) is 6. The van der Waals surface area contributed by atoms with Crippen LogP contribution in [0.15, 0.2) is 40.7 Å². The van der Waals surface area contributed by atoms with Gasteiger partial charge in [0.1, 0.15) is 11.4 Å². The monoisotopic (exact) mass is 532 g/mol. The predicted molar refractivity (Wildman–Crippen MR) is 155 cm³/mol. The first-order valence-electron chi connectivity index (χ1n) is 13.7. The van der Waals surface area contributed by atoms with E-state index in [9.17, 15) is 9.59 Å². The number of carbonyl (C=O) groups is 1. The number of likely N-dealkylation sites (tertiary alicyclic amines) is 1. The Labute approximate surface area is 227 Å². The molecule has 3 aliphatic heterocycles. The average Bonchev–Trinajstić information content (AvgIpc) is 3.65. The number of amides is 1. The van der Waals surface area contributed by atoms with Crippen LogP contribution in [-0.4, -0.2) is 67.6 Å². The van der Waals surface area contributed by atoms with Gasteiger partial charge in [-0.1, -0.05) is 13.0 Å². The van der Waals surface area contributed by atoms with E-state index < -0.39 is 0 Å². The van der Waals surface area contributed by atoms with Crippen molar-refractivity contribution in [3.8, 4) is 11.4 Å². The highest BCUT2D eigenvalue weighted by molar-refractivity contribution is 8.03. The average molecular weight is 533 g/mol. The topological polar surface area (TPSA) is 97.1 Å². The van der Waals surface area contributed by atoms with Crippen molar-refractivity contribution in [3.05, 3.63) is 57.4 Å². The summed E-state index contributed by atoms with van der Waals surface area (Å²) < 4.78 is 0. The van der Waals surface area contributed by atoms with Crippen LogP contribution in [0.25, 0.3) is 22.4 Å². The minimum Gasteiger partial charge on any atom is -0.382 e. The number of benzene rings is 1. The van der Waals surface area contributed by atoms with Crippen molar-refractivity contribution >= 4 is 34.4 Å². The number of rotatable bonds is 8. The van der Waals surface area contributed by atoms with Crippen LogP contribution in [0, 0.1) is 5.92 Å². The number of allylic oxidation sites excluding steroid dienone is 1. The number of nitrogens with zero attached hydrogens (tertiary/aromatic N) is 3. The van der Waals surface area contributed by atoms with Crippen molar-refractivity contribution in [1.29, 1.82) is 0 Å². The SMILES string of the molecule is CC1C=CSC1C[C@H](C)Nc1cc[nH]c(=O)c1-c1nc2cc3c(cc2[nH]1)CN(CCN1CCC[C@H]1C)C3=O. The number of fused-ring (bicyclic) bond motifs is 2. The van der Waals surface area contributed by atoms with E-state index in [1.54, 1.807) is 6.20 Å². The second-order valence-corrected chi connectivity index (χ2v) is 12.3. The van der Waals surface area contributed by atoms with Gasteiger partial charge in [-0.25, -0.2) is 4.98 Å². The van der Waals surface area contributed by atoms with E-state index in [-0.39, 0.29) is 17.5 Å². The molecule has 1 saturated heterocycles. The molecule has 1 aromatic carbocycles. The van der Waals surface area contributed by atoms with E-state index in [1.807, 2.05) is 34.9 Å². The van der Waals surface area contributed by atoms with Gasteiger partial charge in [-0.3, -0.25) is 14.5 Å². The molecule has 1 amide bonds. The van der Waals surface area contributed by atoms with E-state index in [0.29, 0.717) is 40.7 Å². The number of anilines is 1. The summed E-state index contributed by atoms with van der Waals surface area (Å²) in [5, 5.41) is 6.27. The lowest BCUT2D eigenvalue weighted by molar-refractivity contribution is 0.0756. The third-order valence-electron chi connectivity index (χ3n) is 8.34. The molecular weight excluding hydrogens is 496 g/mol. The molecule has 8 nitrogen and oxygen atoms in total. The van der Waals surface area contributed by atoms with E-state index in [0.717, 1.165) is 48.4 Å². The summed E-state index contributed by atoms with van der Waals surface area (Å²) in [4.78, 5) is 41.5. The van der Waals surface area contributed by atoms with Gasteiger partial charge in [-0.2, -0.15) is 0 Å². The predicted octanol–water partition coefficient (Wildman–Crippen LogP) is 4.81. The van der Waals surface area contributed by atoms with Gasteiger partial charge < -0.3 is 20.2 Å². The number of thioether (sulfide) groups is 1. The number of nitrogens with one attached hydrogen (secondary N) is 3. The third-order valence-corrected chi connectivity index (χ3v) is 9.63. The first-order valence-corrected chi connectivity index (χ1v) is 14.7. The Morgan fingerprint density at radius 1 is 1.24 bits per heavy atom. The fraction of sp³-hybridized carbons (Fsp3) is 0.483. The Morgan fingerprint density at radius 3 is 2.87 bits per heavy atom. The molecule has 3 aliphatic rings. The van der Waals surface area contributed by atoms with Crippen molar-refractivity contribution in [1.82, 2.24) is 24.8 Å². The second kappa shape index (κ2) is 10.3. The van der Waals surface area contributed by atoms with Gasteiger partial charge in [0.2, 0.25) is 0 Å². The summed E-state index contributed by atoms with van der Waals surface area (Å²) in [6.45, 7) is 10.1. The molecule has 6 rings (SSSR count). The molecule has 1 fully saturated rings. The minimum atomic E-state index is -0.197. The van der Waals surface area contributed by atoms with Crippen molar-refractivity contribution < 1.29 is 4.79 Å². The van der Waals surface area contributed by atoms with Gasteiger partial charge in [-0.15, -0.1) is 11.8 Å². The standard InChI is InChI=1S/C29H36N6O2S/c1-17-7-12-38-25(17)13-18(2)31-22-6-8-30-28(36)26(22)27-32-23-14-20-16-35(11-10-34-9-4-5-19(34)3)29(37)21(20)15-24(23)33-27/h6-8,12,14-15,17-19,25H,4-5,9-11,13,16H2,1-3H3,(H,32,33)(H2,30,31,36)/t17?,18-,19+,25?/m0/s1. The number of aromatic amines is 2. The number of carbonyl (C=O) groups excluding carboxylic acids is 1. The molecule has 5 heterocycles. The van der Waals surface area contributed by atoms with Crippen LogP contribution < -0.4 is 10.9 Å². The molecule has 3 aromatic rings. The number of imidazole rings is 1. The zero-order valence-corrected chi connectivity index (χ0v) is 23.1. The van der Waals surface area contributed by atoms with Crippen LogP contribution in [0.4, 0.5) is 5.69 Å². The lowest BCUT2D eigenvalue weighted by atomic mass is 10.0. The van der Waals surface area contributed by atoms with Crippen LogP contribution in [0.2, 0.25) is 0 Å². The lowest BCUT2D eigenvalue weighted by Gasteiger charge is -2.24. The van der Waals surface area contributed by atoms with Gasteiger partial charge in [0, 0.05) is 48.7 Å². The molecule has 0 bridgehead atoms. The third kappa shape index (κ3) is 4.78. The highest BCUT2D eigenvalue weighted by atomic mass is 32.2. The van der Waals surface area contributed by atoms with E-state index in [1.165, 1.54) is 12.8 Å². The fourth-order valence-corrected chi connectivity index (χ4v) is 7.33. The van der Waals surface area contributed by atoms with Crippen molar-refractivity contribution in [2.75, 3.05) is 25.0 Å². The molecule has 2 unspecified atom stereocenters. The summed E-state index contributed by atoms with van der Waals surface area (Å²) in [6, 6.07) is 6.59. The maximum absolute atomic E-state index is 13.2. The Balaban J connectivity index is 1.21. The number of hydrogen-bond donors (Lipinski definition) is 3. The van der Waals surface area contributed by atoms with Crippen LogP contribution >= 0.6 is 11.8 Å². The van der Waals surface area contributed by atoms with Crippen molar-refractivity contribution in [2.24, 2.45) is 5.92 Å². The van der Waals surface area contributed by atoms with E-state index in [2.05, 4.69) is 52.4 Å². The lowest BCUT2D eigenvalue weighted by Crippen LogP contribution is -2.36. The Morgan fingerprint density at radius 2 is 2.11 bits per heavy atom. The summed E-state index contributed by atoms with van der Waals surface area (Å²) in [5.74, 6) is 1.13. The molecule has 4 atom stereocenters. The van der Waals surface area contributed by atoms with Gasteiger partial charge >= 0.3 is 0 Å². The molecule has 0 aliphatic carbocycles. The van der Waals surface area contributed by atoms with Crippen molar-refractivity contribution in [3.63, 3.8) is 0 Å². The first kappa shape index (κ1) is 25.2. The Bertz CT molecular complexity index is 1440. The summed E-state index contributed by atoms with van der Waals surface area (Å²) in [6.07, 6.45) is 7.40. The maximum Gasteiger partial charge on any atom is 0.261 e. The number of pyridine rings is 1. The summed E-state index contributed by atoms with van der Waals surface area (Å²) >= 11 is 1.88. The molecule has 2 aromatic heterocycles. The highest BCUT2D eigenvalue weighted by Gasteiger charge is 2.30. The van der Waals surface area contributed by atoms with Gasteiger partial charge in [0.15, 0.2) is 0 Å². The van der Waals surface area contributed by atoms with Crippen molar-refractivity contribution in [2.45, 2.75) is 63.9 Å². The van der Waals surface area contributed by atoms with Crippen LogP contribution in [0.5, 0.6) is 0 Å². The first-order chi connectivity index (χ1) is 18.4. The summed E-state index contributed by atoms with van der Waals surface area (Å²) in [5.41, 5.74) is 4.33. The Kier molecular flexibility index (Phi) is 6.82. The zero-order valence-electron chi connectivity index (χ0n) is 22.3. The maximum atomic E-state index is 13.2. The highest BCUT2D eigenvalue weighted by Crippen LogP contribution is 2.34. The normalized spacial score (nSPS) is 24.0. The minimum absolute atomic E-state index is 0.0699. The second-order valence-electron chi connectivity index (χ2n) is 11.1. The van der Waals surface area contributed by atoms with Crippen LogP contribution in [-0.2, 0) is 6.54 Å². The van der Waals surface area contributed by atoms with E-state index in [4.69, 9.17) is 4.98 Å². The molecule has 0 radical (unpaired) electrons. The fourth-order valence-electron chi connectivity index (χ4n) is 6.05. The molecule has 0 spiro atoms. The molecule has 38 heavy (non-hydrogen) atoms. The van der Waals surface area contributed by atoms with Gasteiger partial charge in [0.25, 0.3) is 11.5 Å². The molecule has 3 N–H and O–H groups in total. The zero-order chi connectivity index (χ0) is 26.4. The molecule has 200 valence electrons.